The molecule has 1 aromatic heterocycles. The fourth-order valence-electron chi connectivity index (χ4n) is 2.56. The monoisotopic (exact) mass is 288 g/mol. The molecule has 1 saturated heterocycles. The Morgan fingerprint density at radius 3 is 2.90 bits per heavy atom. The average molecular weight is 289 g/mol. The fraction of sp³-hybridized carbons (Fsp3) is 0.333. The van der Waals surface area contributed by atoms with E-state index < -0.39 is 0 Å². The number of halogens is 1. The molecule has 0 amide bonds. The van der Waals surface area contributed by atoms with Crippen molar-refractivity contribution in [2.45, 2.75) is 19.0 Å². The highest BCUT2D eigenvalue weighted by atomic mass is 35.5. The molecule has 0 spiro atoms. The van der Waals surface area contributed by atoms with Crippen LogP contribution in [0.3, 0.4) is 0 Å². The van der Waals surface area contributed by atoms with Gasteiger partial charge in [0.05, 0.1) is 0 Å². The van der Waals surface area contributed by atoms with E-state index in [1.165, 1.54) is 5.56 Å². The van der Waals surface area contributed by atoms with Crippen molar-refractivity contribution in [3.05, 3.63) is 53.4 Å². The molecule has 2 aromatic rings. The minimum atomic E-state index is 0.286. The Morgan fingerprint density at radius 2 is 2.10 bits per heavy atom. The molecule has 1 atom stereocenters. The zero-order valence-corrected chi connectivity index (χ0v) is 11.9. The molecule has 3 rings (SSSR count). The van der Waals surface area contributed by atoms with Crippen LogP contribution in [0.5, 0.6) is 0 Å². The number of nitrogens with zero attached hydrogens (tertiary/aromatic N) is 3. The number of hydrogen-bond acceptors (Lipinski definition) is 4. The van der Waals surface area contributed by atoms with Crippen molar-refractivity contribution in [3.63, 3.8) is 0 Å². The van der Waals surface area contributed by atoms with Gasteiger partial charge in [-0.25, -0.2) is 9.97 Å². The van der Waals surface area contributed by atoms with E-state index >= 15 is 0 Å². The van der Waals surface area contributed by atoms with E-state index in [0.29, 0.717) is 6.04 Å². The van der Waals surface area contributed by atoms with Gasteiger partial charge in [0.1, 0.15) is 5.82 Å². The maximum Gasteiger partial charge on any atom is 0.224 e. The summed E-state index contributed by atoms with van der Waals surface area (Å²) < 4.78 is 0. The molecular weight excluding hydrogens is 272 g/mol. The summed E-state index contributed by atoms with van der Waals surface area (Å²) in [6, 6.07) is 12.8. The second kappa shape index (κ2) is 6.20. The summed E-state index contributed by atoms with van der Waals surface area (Å²) in [6.07, 6.45) is 2.79. The van der Waals surface area contributed by atoms with Gasteiger partial charge in [-0.2, -0.15) is 0 Å². The molecule has 0 saturated carbocycles. The number of rotatable bonds is 4. The van der Waals surface area contributed by atoms with Gasteiger partial charge in [0.2, 0.25) is 5.28 Å². The summed E-state index contributed by atoms with van der Waals surface area (Å²) in [5, 5.41) is 3.71. The van der Waals surface area contributed by atoms with Crippen LogP contribution in [0.15, 0.2) is 42.6 Å². The van der Waals surface area contributed by atoms with Gasteiger partial charge in [-0.05, 0) is 29.7 Å². The number of hydrogen-bond donors (Lipinski definition) is 1. The highest BCUT2D eigenvalue weighted by molar-refractivity contribution is 6.28. The smallest absolute Gasteiger partial charge is 0.224 e. The molecule has 20 heavy (non-hydrogen) atoms. The van der Waals surface area contributed by atoms with Gasteiger partial charge in [-0.3, -0.25) is 4.90 Å². The molecule has 1 aliphatic rings. The van der Waals surface area contributed by atoms with Crippen LogP contribution in [0.2, 0.25) is 5.28 Å². The maximum atomic E-state index is 5.79. The Balaban J connectivity index is 1.54. The number of likely N-dealkylation sites (tertiary alicyclic amines) is 1. The Bertz CT molecular complexity index is 561. The van der Waals surface area contributed by atoms with Crippen LogP contribution in [0.4, 0.5) is 5.82 Å². The van der Waals surface area contributed by atoms with Crippen molar-refractivity contribution in [2.75, 3.05) is 18.4 Å². The lowest BCUT2D eigenvalue weighted by Crippen LogP contribution is -2.26. The van der Waals surface area contributed by atoms with Gasteiger partial charge in [0.25, 0.3) is 0 Å². The molecule has 1 aromatic carbocycles. The van der Waals surface area contributed by atoms with Crippen LogP contribution in [0.1, 0.15) is 12.0 Å². The van der Waals surface area contributed by atoms with E-state index in [9.17, 15) is 0 Å². The Kier molecular flexibility index (Phi) is 4.14. The minimum absolute atomic E-state index is 0.286. The Hall–Kier alpha value is -1.65. The van der Waals surface area contributed by atoms with E-state index in [-0.39, 0.29) is 5.28 Å². The Labute approximate surface area is 123 Å². The van der Waals surface area contributed by atoms with E-state index in [1.54, 1.807) is 6.20 Å². The van der Waals surface area contributed by atoms with Gasteiger partial charge in [-0.15, -0.1) is 0 Å². The zero-order chi connectivity index (χ0) is 13.8. The lowest BCUT2D eigenvalue weighted by atomic mass is 10.2. The lowest BCUT2D eigenvalue weighted by molar-refractivity contribution is 0.328. The third kappa shape index (κ3) is 3.46. The molecule has 2 heterocycles. The number of nitrogens with one attached hydrogen (secondary N) is 1. The van der Waals surface area contributed by atoms with Crippen molar-refractivity contribution in [1.29, 1.82) is 0 Å². The summed E-state index contributed by atoms with van der Waals surface area (Å²) in [5.74, 6) is 0.802. The quantitative estimate of drug-likeness (QED) is 0.879. The van der Waals surface area contributed by atoms with Crippen molar-refractivity contribution in [2.24, 2.45) is 0 Å². The normalized spacial score (nSPS) is 19.1. The molecule has 4 nitrogen and oxygen atoms in total. The first-order valence-corrected chi connectivity index (χ1v) is 7.19. The summed E-state index contributed by atoms with van der Waals surface area (Å²) in [4.78, 5) is 10.5. The second-order valence-corrected chi connectivity index (χ2v) is 5.40. The van der Waals surface area contributed by atoms with Gasteiger partial charge >= 0.3 is 0 Å². The van der Waals surface area contributed by atoms with Crippen LogP contribution < -0.4 is 5.32 Å². The van der Waals surface area contributed by atoms with Crippen LogP contribution in [-0.4, -0.2) is 34.0 Å². The van der Waals surface area contributed by atoms with Crippen molar-refractivity contribution in [3.8, 4) is 0 Å². The summed E-state index contributed by atoms with van der Waals surface area (Å²) >= 11 is 5.79. The predicted octanol–water partition coefficient (Wildman–Crippen LogP) is 2.82. The van der Waals surface area contributed by atoms with Crippen LogP contribution in [0.25, 0.3) is 0 Å². The lowest BCUT2D eigenvalue weighted by Gasteiger charge is -2.17. The van der Waals surface area contributed by atoms with Crippen molar-refractivity contribution >= 4 is 17.4 Å². The van der Waals surface area contributed by atoms with Crippen molar-refractivity contribution < 1.29 is 0 Å². The first-order valence-electron chi connectivity index (χ1n) is 6.81. The maximum absolute atomic E-state index is 5.79. The highest BCUT2D eigenvalue weighted by Crippen LogP contribution is 2.17. The van der Waals surface area contributed by atoms with E-state index in [1.807, 2.05) is 6.07 Å². The van der Waals surface area contributed by atoms with E-state index in [0.717, 1.165) is 31.9 Å². The molecule has 0 bridgehead atoms. The van der Waals surface area contributed by atoms with Crippen LogP contribution >= 0.6 is 11.6 Å². The SMILES string of the molecule is Clc1nccc(N[C@@H]2CCN(Cc3ccccc3)C2)n1. The van der Waals surface area contributed by atoms with E-state index in [2.05, 4.69) is 50.5 Å². The standard InChI is InChI=1S/C15H17ClN4/c16-15-17-8-6-14(19-15)18-13-7-9-20(11-13)10-12-4-2-1-3-5-12/h1-6,8,13H,7,9-11H2,(H,17,18,19)/t13-/m1/s1. The van der Waals surface area contributed by atoms with E-state index in [4.69, 9.17) is 11.6 Å². The topological polar surface area (TPSA) is 41.1 Å². The third-order valence-corrected chi connectivity index (χ3v) is 3.68. The number of benzene rings is 1. The first-order chi connectivity index (χ1) is 9.79. The summed E-state index contributed by atoms with van der Waals surface area (Å²) in [5.41, 5.74) is 1.36. The molecule has 0 unspecified atom stereocenters. The summed E-state index contributed by atoms with van der Waals surface area (Å²) in [6.45, 7) is 3.13. The molecule has 104 valence electrons. The first kappa shape index (κ1) is 13.3. The van der Waals surface area contributed by atoms with Crippen LogP contribution in [0, 0.1) is 0 Å². The molecule has 1 N–H and O–H groups in total. The van der Waals surface area contributed by atoms with Gasteiger partial charge in [-0.1, -0.05) is 30.3 Å². The number of anilines is 1. The van der Waals surface area contributed by atoms with Gasteiger partial charge in [0.15, 0.2) is 0 Å². The summed E-state index contributed by atoms with van der Waals surface area (Å²) in [7, 11) is 0. The predicted molar refractivity (Wildman–Crippen MR) is 80.8 cm³/mol. The molecule has 1 aliphatic heterocycles. The average Bonchev–Trinajstić information content (AvgIpc) is 2.87. The van der Waals surface area contributed by atoms with Gasteiger partial charge in [0, 0.05) is 31.9 Å². The molecular formula is C15H17ClN4. The highest BCUT2D eigenvalue weighted by Gasteiger charge is 2.22. The largest absolute Gasteiger partial charge is 0.366 e. The minimum Gasteiger partial charge on any atom is -0.366 e. The number of aromatic nitrogens is 2. The van der Waals surface area contributed by atoms with Crippen molar-refractivity contribution in [1.82, 2.24) is 14.9 Å². The third-order valence-electron chi connectivity index (χ3n) is 3.50. The van der Waals surface area contributed by atoms with Crippen LogP contribution in [-0.2, 0) is 6.54 Å². The molecule has 5 heteroatoms. The molecule has 0 radical (unpaired) electrons. The Morgan fingerprint density at radius 1 is 1.25 bits per heavy atom. The molecule has 0 aliphatic carbocycles. The zero-order valence-electron chi connectivity index (χ0n) is 11.2. The molecule has 1 fully saturated rings. The van der Waals surface area contributed by atoms with Gasteiger partial charge < -0.3 is 5.32 Å². The second-order valence-electron chi connectivity index (χ2n) is 5.06. The fourth-order valence-corrected chi connectivity index (χ4v) is 2.71.